The number of aromatic amines is 2. The predicted molar refractivity (Wildman–Crippen MR) is 104 cm³/mol. The highest BCUT2D eigenvalue weighted by atomic mass is 19.4. The minimum atomic E-state index is -4.44. The van der Waals surface area contributed by atoms with Gasteiger partial charge in [0.2, 0.25) is 0 Å². The number of hydrogen-bond acceptors (Lipinski definition) is 3. The van der Waals surface area contributed by atoms with Crippen LogP contribution < -0.4 is 5.56 Å². The molecule has 4 rings (SSSR count). The molecule has 0 fully saturated rings. The fourth-order valence-electron chi connectivity index (χ4n) is 3.31. The van der Waals surface area contributed by atoms with Crippen LogP contribution in [0.4, 0.5) is 13.2 Å². The highest BCUT2D eigenvalue weighted by Crippen LogP contribution is 2.33. The molecule has 148 valence electrons. The Morgan fingerprint density at radius 2 is 1.69 bits per heavy atom. The topological polar surface area (TPSA) is 81.8 Å². The monoisotopic (exact) mass is 399 g/mol. The fraction of sp³-hybridized carbons (Fsp3) is 0.143. The van der Waals surface area contributed by atoms with Crippen LogP contribution in [0.1, 0.15) is 16.7 Å². The number of aromatic hydroxyl groups is 1. The summed E-state index contributed by atoms with van der Waals surface area (Å²) in [6, 6.07) is 9.93. The van der Waals surface area contributed by atoms with E-state index in [4.69, 9.17) is 0 Å². The molecule has 4 aromatic rings. The van der Waals surface area contributed by atoms with Gasteiger partial charge in [0.05, 0.1) is 22.5 Å². The van der Waals surface area contributed by atoms with E-state index in [1.54, 1.807) is 32.0 Å². The van der Waals surface area contributed by atoms with Gasteiger partial charge in [0.1, 0.15) is 5.75 Å². The Balaban J connectivity index is 1.83. The number of halogens is 3. The maximum atomic E-state index is 13.0. The Morgan fingerprint density at radius 1 is 1.00 bits per heavy atom. The SMILES string of the molecule is Cc1cc(-c2cc(-c3cc4cc(C(F)(F)F)ccc4[nH]3)c(=O)[nH]n2)cc(C)c1O. The average Bonchev–Trinajstić information content (AvgIpc) is 3.08. The first-order valence-corrected chi connectivity index (χ1v) is 8.74. The summed E-state index contributed by atoms with van der Waals surface area (Å²) in [5.41, 5.74) is 2.41. The van der Waals surface area contributed by atoms with Gasteiger partial charge in [0.15, 0.2) is 0 Å². The second-order valence-corrected chi connectivity index (χ2v) is 6.94. The molecule has 8 heteroatoms. The quantitative estimate of drug-likeness (QED) is 0.447. The Hall–Kier alpha value is -3.55. The predicted octanol–water partition coefficient (Wildman–Crippen LogP) is 4.93. The van der Waals surface area contributed by atoms with Crippen molar-refractivity contribution < 1.29 is 18.3 Å². The maximum absolute atomic E-state index is 13.0. The molecule has 0 atom stereocenters. The molecule has 29 heavy (non-hydrogen) atoms. The molecule has 0 spiro atoms. The highest BCUT2D eigenvalue weighted by Gasteiger charge is 2.30. The van der Waals surface area contributed by atoms with E-state index >= 15 is 0 Å². The number of rotatable bonds is 2. The lowest BCUT2D eigenvalue weighted by atomic mass is 10.0. The Bertz CT molecular complexity index is 1280. The summed E-state index contributed by atoms with van der Waals surface area (Å²) in [7, 11) is 0. The van der Waals surface area contributed by atoms with Crippen molar-refractivity contribution in [2.75, 3.05) is 0 Å². The van der Waals surface area contributed by atoms with Gasteiger partial charge < -0.3 is 10.1 Å². The third kappa shape index (κ3) is 3.37. The molecule has 2 heterocycles. The zero-order valence-corrected chi connectivity index (χ0v) is 15.5. The van der Waals surface area contributed by atoms with Crippen LogP contribution in [0.3, 0.4) is 0 Å². The largest absolute Gasteiger partial charge is 0.507 e. The minimum absolute atomic E-state index is 0.189. The van der Waals surface area contributed by atoms with Gasteiger partial charge >= 0.3 is 6.18 Å². The lowest BCUT2D eigenvalue weighted by molar-refractivity contribution is -0.137. The van der Waals surface area contributed by atoms with Crippen molar-refractivity contribution in [1.82, 2.24) is 15.2 Å². The third-order valence-electron chi connectivity index (χ3n) is 4.83. The van der Waals surface area contributed by atoms with Crippen molar-refractivity contribution in [3.05, 3.63) is 69.5 Å². The van der Waals surface area contributed by atoms with Gasteiger partial charge in [-0.1, -0.05) is 0 Å². The number of nitrogens with one attached hydrogen (secondary N) is 2. The zero-order chi connectivity index (χ0) is 20.9. The smallest absolute Gasteiger partial charge is 0.416 e. The zero-order valence-electron chi connectivity index (χ0n) is 15.5. The van der Waals surface area contributed by atoms with E-state index in [2.05, 4.69) is 15.2 Å². The first kappa shape index (κ1) is 18.8. The summed E-state index contributed by atoms with van der Waals surface area (Å²) in [5.74, 6) is 0.189. The molecule has 2 aromatic heterocycles. The second-order valence-electron chi connectivity index (χ2n) is 6.94. The van der Waals surface area contributed by atoms with Crippen molar-refractivity contribution in [3.63, 3.8) is 0 Å². The summed E-state index contributed by atoms with van der Waals surface area (Å²) in [6.45, 7) is 3.52. The number of phenolic OH excluding ortho intramolecular Hbond substituents is 1. The Morgan fingerprint density at radius 3 is 2.34 bits per heavy atom. The number of nitrogens with zero attached hydrogens (tertiary/aromatic N) is 1. The van der Waals surface area contributed by atoms with E-state index in [1.807, 2.05) is 0 Å². The number of fused-ring (bicyclic) bond motifs is 1. The fourth-order valence-corrected chi connectivity index (χ4v) is 3.31. The van der Waals surface area contributed by atoms with Crippen molar-refractivity contribution >= 4 is 10.9 Å². The molecule has 0 bridgehead atoms. The minimum Gasteiger partial charge on any atom is -0.507 e. The van der Waals surface area contributed by atoms with Gasteiger partial charge in [0, 0.05) is 16.5 Å². The van der Waals surface area contributed by atoms with E-state index in [1.165, 1.54) is 12.1 Å². The van der Waals surface area contributed by atoms with Crippen LogP contribution >= 0.6 is 0 Å². The van der Waals surface area contributed by atoms with Crippen LogP contribution in [-0.2, 0) is 6.18 Å². The number of hydrogen-bond donors (Lipinski definition) is 3. The van der Waals surface area contributed by atoms with Crippen molar-refractivity contribution in [1.29, 1.82) is 0 Å². The van der Waals surface area contributed by atoms with E-state index in [-0.39, 0.29) is 11.3 Å². The first-order chi connectivity index (χ1) is 13.6. The average molecular weight is 399 g/mol. The summed E-state index contributed by atoms with van der Waals surface area (Å²) in [5, 5.41) is 16.8. The van der Waals surface area contributed by atoms with Crippen LogP contribution in [-0.4, -0.2) is 20.3 Å². The summed E-state index contributed by atoms with van der Waals surface area (Å²) >= 11 is 0. The number of benzene rings is 2. The molecule has 0 aliphatic heterocycles. The van der Waals surface area contributed by atoms with Gasteiger partial charge in [-0.15, -0.1) is 0 Å². The molecule has 0 amide bonds. The van der Waals surface area contributed by atoms with Crippen LogP contribution in [0.5, 0.6) is 5.75 Å². The maximum Gasteiger partial charge on any atom is 0.416 e. The highest BCUT2D eigenvalue weighted by molar-refractivity contribution is 5.87. The Kier molecular flexibility index (Phi) is 4.22. The molecule has 0 unspecified atom stereocenters. The number of alkyl halides is 3. The molecule has 0 saturated heterocycles. The van der Waals surface area contributed by atoms with Crippen LogP contribution in [0, 0.1) is 13.8 Å². The number of H-pyrrole nitrogens is 2. The normalized spacial score (nSPS) is 11.9. The Labute approximate surface area is 162 Å². The lowest BCUT2D eigenvalue weighted by Gasteiger charge is -2.08. The number of aromatic nitrogens is 3. The molecular formula is C21H16F3N3O2. The first-order valence-electron chi connectivity index (χ1n) is 8.74. The molecular weight excluding hydrogens is 383 g/mol. The van der Waals surface area contributed by atoms with Crippen LogP contribution in [0.25, 0.3) is 33.4 Å². The third-order valence-corrected chi connectivity index (χ3v) is 4.83. The number of phenols is 1. The van der Waals surface area contributed by atoms with E-state index < -0.39 is 17.3 Å². The van der Waals surface area contributed by atoms with Gasteiger partial charge in [-0.2, -0.15) is 18.3 Å². The number of aryl methyl sites for hydroxylation is 2. The molecule has 5 nitrogen and oxygen atoms in total. The molecule has 3 N–H and O–H groups in total. The summed E-state index contributed by atoms with van der Waals surface area (Å²) in [4.78, 5) is 15.3. The summed E-state index contributed by atoms with van der Waals surface area (Å²) in [6.07, 6.45) is -4.44. The molecule has 0 aliphatic carbocycles. The molecule has 0 radical (unpaired) electrons. The van der Waals surface area contributed by atoms with E-state index in [0.29, 0.717) is 39.0 Å². The van der Waals surface area contributed by atoms with E-state index in [9.17, 15) is 23.1 Å². The standard InChI is InChI=1S/C21H16F3N3O2/c1-10-5-12(6-11(2)19(10)28)17-9-15(20(29)27-26-17)18-8-13-7-14(21(22,23)24)3-4-16(13)25-18/h3-9,25,28H,1-2H3,(H,27,29). The van der Waals surface area contributed by atoms with Crippen LogP contribution in [0.15, 0.2) is 47.3 Å². The van der Waals surface area contributed by atoms with Crippen molar-refractivity contribution in [2.24, 2.45) is 0 Å². The van der Waals surface area contributed by atoms with Gasteiger partial charge in [-0.25, -0.2) is 5.10 Å². The molecule has 2 aromatic carbocycles. The lowest BCUT2D eigenvalue weighted by Crippen LogP contribution is -2.11. The van der Waals surface area contributed by atoms with Crippen molar-refractivity contribution in [2.45, 2.75) is 20.0 Å². The van der Waals surface area contributed by atoms with Crippen molar-refractivity contribution in [3.8, 4) is 28.3 Å². The van der Waals surface area contributed by atoms with Gasteiger partial charge in [-0.3, -0.25) is 4.79 Å². The second kappa shape index (κ2) is 6.51. The van der Waals surface area contributed by atoms with Crippen LogP contribution in [0.2, 0.25) is 0 Å². The van der Waals surface area contributed by atoms with E-state index in [0.717, 1.165) is 12.1 Å². The molecule has 0 aliphatic rings. The molecule has 0 saturated carbocycles. The van der Waals surface area contributed by atoms with Gasteiger partial charge in [0.25, 0.3) is 5.56 Å². The summed E-state index contributed by atoms with van der Waals surface area (Å²) < 4.78 is 38.9. The van der Waals surface area contributed by atoms with Gasteiger partial charge in [-0.05, 0) is 67.4 Å².